The zero-order valence-corrected chi connectivity index (χ0v) is 19.5. The zero-order valence-electron chi connectivity index (χ0n) is 18.7. The Bertz CT molecular complexity index is 1230. The van der Waals surface area contributed by atoms with Gasteiger partial charge in [0.1, 0.15) is 5.69 Å². The molecule has 3 heterocycles. The minimum Gasteiger partial charge on any atom is -0.369 e. The first-order chi connectivity index (χ1) is 16.0. The molecule has 1 saturated heterocycles. The highest BCUT2D eigenvalue weighted by Gasteiger charge is 2.16. The van der Waals surface area contributed by atoms with Crippen molar-refractivity contribution in [3.8, 4) is 22.5 Å². The summed E-state index contributed by atoms with van der Waals surface area (Å²) in [6.07, 6.45) is 3.74. The molecule has 0 bridgehead atoms. The lowest BCUT2D eigenvalue weighted by atomic mass is 10.1. The summed E-state index contributed by atoms with van der Waals surface area (Å²) in [5.74, 6) is 0.547. The summed E-state index contributed by atoms with van der Waals surface area (Å²) in [6.45, 7) is 4.28. The molecule has 0 aliphatic carbocycles. The predicted octanol–water partition coefficient (Wildman–Crippen LogP) is 4.69. The Morgan fingerprint density at radius 2 is 1.61 bits per heavy atom. The van der Waals surface area contributed by atoms with Crippen LogP contribution in [0.25, 0.3) is 22.5 Å². The van der Waals surface area contributed by atoms with Crippen LogP contribution in [0, 0.1) is 0 Å². The molecule has 0 spiro atoms. The van der Waals surface area contributed by atoms with Gasteiger partial charge in [-0.25, -0.2) is 9.97 Å². The van der Waals surface area contributed by atoms with E-state index in [9.17, 15) is 0 Å². The summed E-state index contributed by atoms with van der Waals surface area (Å²) < 4.78 is 1.80. The summed E-state index contributed by atoms with van der Waals surface area (Å²) in [5.41, 5.74) is 5.79. The lowest BCUT2D eigenvalue weighted by Crippen LogP contribution is -2.44. The van der Waals surface area contributed by atoms with Gasteiger partial charge >= 0.3 is 0 Å². The summed E-state index contributed by atoms with van der Waals surface area (Å²) in [4.78, 5) is 14.0. The number of nitrogens with zero attached hydrogens (tertiary/aromatic N) is 6. The third kappa shape index (κ3) is 4.84. The number of benzene rings is 2. The Kier molecular flexibility index (Phi) is 5.98. The Morgan fingerprint density at radius 3 is 2.33 bits per heavy atom. The van der Waals surface area contributed by atoms with Crippen LogP contribution < -0.4 is 10.2 Å². The number of aryl methyl sites for hydroxylation is 1. The van der Waals surface area contributed by atoms with Gasteiger partial charge in [-0.1, -0.05) is 23.7 Å². The molecular formula is C25H26ClN7. The second-order valence-corrected chi connectivity index (χ2v) is 8.74. The highest BCUT2D eigenvalue weighted by atomic mass is 35.5. The SMILES string of the molecule is CN1CCN(c2ccc(Nc3nccc(-c4cn(C)nc4-c4ccc(Cl)cc4)n3)cc2)CC1. The molecule has 2 aromatic heterocycles. The van der Waals surface area contributed by atoms with Gasteiger partial charge in [0.25, 0.3) is 0 Å². The summed E-state index contributed by atoms with van der Waals surface area (Å²) in [5, 5.41) is 8.67. The maximum Gasteiger partial charge on any atom is 0.227 e. The molecule has 1 aliphatic rings. The van der Waals surface area contributed by atoms with Crippen molar-refractivity contribution in [3.63, 3.8) is 0 Å². The molecular weight excluding hydrogens is 434 g/mol. The van der Waals surface area contributed by atoms with Crippen LogP contribution in [0.5, 0.6) is 0 Å². The standard InChI is InChI=1S/C25H26ClN7/c1-31-13-15-33(16-14-31)21-9-7-20(8-10-21)28-25-27-12-11-23(29-25)22-17-32(2)30-24(22)18-3-5-19(26)6-4-18/h3-12,17H,13-16H2,1-2H3,(H,27,28,29). The first-order valence-corrected chi connectivity index (χ1v) is 11.4. The van der Waals surface area contributed by atoms with Gasteiger partial charge in [0.15, 0.2) is 0 Å². The second-order valence-electron chi connectivity index (χ2n) is 8.30. The largest absolute Gasteiger partial charge is 0.369 e. The Labute approximate surface area is 198 Å². The van der Waals surface area contributed by atoms with E-state index >= 15 is 0 Å². The quantitative estimate of drug-likeness (QED) is 0.467. The molecule has 2 aromatic carbocycles. The highest BCUT2D eigenvalue weighted by Crippen LogP contribution is 2.31. The molecule has 0 atom stereocenters. The molecule has 33 heavy (non-hydrogen) atoms. The first-order valence-electron chi connectivity index (χ1n) is 11.0. The fraction of sp³-hybridized carbons (Fsp3) is 0.240. The Hall–Kier alpha value is -3.42. The van der Waals surface area contributed by atoms with Crippen molar-refractivity contribution in [2.45, 2.75) is 0 Å². The van der Waals surface area contributed by atoms with Gasteiger partial charge in [0, 0.05) is 73.1 Å². The highest BCUT2D eigenvalue weighted by molar-refractivity contribution is 6.30. The first kappa shape index (κ1) is 21.4. The van der Waals surface area contributed by atoms with Crippen molar-refractivity contribution >= 4 is 28.9 Å². The number of anilines is 3. The molecule has 0 saturated carbocycles. The average Bonchev–Trinajstić information content (AvgIpc) is 3.22. The molecule has 1 N–H and O–H groups in total. The van der Waals surface area contributed by atoms with Crippen molar-refractivity contribution in [1.82, 2.24) is 24.6 Å². The van der Waals surface area contributed by atoms with E-state index in [1.165, 1.54) is 5.69 Å². The molecule has 5 rings (SSSR count). The summed E-state index contributed by atoms with van der Waals surface area (Å²) in [6, 6.07) is 18.0. The number of hydrogen-bond donors (Lipinski definition) is 1. The number of nitrogens with one attached hydrogen (secondary N) is 1. The van der Waals surface area contributed by atoms with Crippen molar-refractivity contribution < 1.29 is 0 Å². The third-order valence-corrected chi connectivity index (χ3v) is 6.12. The van der Waals surface area contributed by atoms with Gasteiger partial charge in [-0.05, 0) is 49.5 Å². The van der Waals surface area contributed by atoms with E-state index in [2.05, 4.69) is 56.5 Å². The number of halogens is 1. The number of aromatic nitrogens is 4. The van der Waals surface area contributed by atoms with Gasteiger partial charge in [-0.3, -0.25) is 4.68 Å². The van der Waals surface area contributed by atoms with Crippen molar-refractivity contribution in [1.29, 1.82) is 0 Å². The fourth-order valence-corrected chi connectivity index (χ4v) is 4.14. The van der Waals surface area contributed by atoms with Crippen LogP contribution in [-0.2, 0) is 7.05 Å². The number of likely N-dealkylation sites (N-methyl/N-ethyl adjacent to an activating group) is 1. The van der Waals surface area contributed by atoms with Crippen LogP contribution in [0.3, 0.4) is 0 Å². The molecule has 4 aromatic rings. The normalized spacial score (nSPS) is 14.5. The Balaban J connectivity index is 1.36. The molecule has 0 unspecified atom stereocenters. The van der Waals surface area contributed by atoms with Crippen LogP contribution in [-0.4, -0.2) is 57.9 Å². The fourth-order valence-electron chi connectivity index (χ4n) is 4.02. The maximum atomic E-state index is 6.06. The van der Waals surface area contributed by atoms with E-state index in [1.807, 2.05) is 43.6 Å². The third-order valence-electron chi connectivity index (χ3n) is 5.87. The van der Waals surface area contributed by atoms with Gasteiger partial charge < -0.3 is 15.1 Å². The summed E-state index contributed by atoms with van der Waals surface area (Å²) in [7, 11) is 4.08. The molecule has 0 amide bonds. The van der Waals surface area contributed by atoms with Crippen LogP contribution in [0.4, 0.5) is 17.3 Å². The molecule has 1 fully saturated rings. The van der Waals surface area contributed by atoms with E-state index in [-0.39, 0.29) is 0 Å². The van der Waals surface area contributed by atoms with Crippen molar-refractivity contribution in [2.75, 3.05) is 43.4 Å². The smallest absolute Gasteiger partial charge is 0.227 e. The molecule has 7 nitrogen and oxygen atoms in total. The molecule has 1 aliphatic heterocycles. The molecule has 0 radical (unpaired) electrons. The monoisotopic (exact) mass is 459 g/mol. The minimum atomic E-state index is 0.547. The minimum absolute atomic E-state index is 0.547. The van der Waals surface area contributed by atoms with E-state index in [0.29, 0.717) is 11.0 Å². The summed E-state index contributed by atoms with van der Waals surface area (Å²) >= 11 is 6.06. The number of piperazine rings is 1. The van der Waals surface area contributed by atoms with Crippen LogP contribution in [0.2, 0.25) is 5.02 Å². The van der Waals surface area contributed by atoms with Crippen molar-refractivity contribution in [2.24, 2.45) is 7.05 Å². The van der Waals surface area contributed by atoms with E-state index < -0.39 is 0 Å². The maximum absolute atomic E-state index is 6.06. The molecule has 8 heteroatoms. The van der Waals surface area contributed by atoms with Gasteiger partial charge in [0.2, 0.25) is 5.95 Å². The lowest BCUT2D eigenvalue weighted by Gasteiger charge is -2.34. The topological polar surface area (TPSA) is 62.1 Å². The molecule has 168 valence electrons. The Morgan fingerprint density at radius 1 is 0.879 bits per heavy atom. The average molecular weight is 460 g/mol. The second kappa shape index (κ2) is 9.21. The van der Waals surface area contributed by atoms with Gasteiger partial charge in [-0.15, -0.1) is 0 Å². The van der Waals surface area contributed by atoms with Crippen LogP contribution >= 0.6 is 11.6 Å². The lowest BCUT2D eigenvalue weighted by molar-refractivity contribution is 0.313. The van der Waals surface area contributed by atoms with Gasteiger partial charge in [-0.2, -0.15) is 5.10 Å². The van der Waals surface area contributed by atoms with E-state index in [1.54, 1.807) is 10.9 Å². The van der Waals surface area contributed by atoms with Crippen molar-refractivity contribution in [3.05, 3.63) is 72.0 Å². The van der Waals surface area contributed by atoms with Crippen LogP contribution in [0.1, 0.15) is 0 Å². The van der Waals surface area contributed by atoms with Gasteiger partial charge in [0.05, 0.1) is 5.69 Å². The van der Waals surface area contributed by atoms with E-state index in [0.717, 1.165) is 54.4 Å². The predicted molar refractivity (Wildman–Crippen MR) is 134 cm³/mol. The number of hydrogen-bond acceptors (Lipinski definition) is 6. The van der Waals surface area contributed by atoms with Crippen LogP contribution in [0.15, 0.2) is 67.0 Å². The number of rotatable bonds is 5. The van der Waals surface area contributed by atoms with E-state index in [4.69, 9.17) is 16.6 Å². The zero-order chi connectivity index (χ0) is 22.8.